The number of benzene rings is 1. The summed E-state index contributed by atoms with van der Waals surface area (Å²) in [5, 5.41) is 4.23. The van der Waals surface area contributed by atoms with Gasteiger partial charge in [-0.25, -0.2) is 0 Å². The second kappa shape index (κ2) is 5.47. The molecule has 2 heterocycles. The van der Waals surface area contributed by atoms with Crippen LogP contribution in [-0.2, 0) is 24.1 Å². The number of fused-ring (bicyclic) bond motifs is 1. The Morgan fingerprint density at radius 2 is 2.04 bits per heavy atom. The SMILES string of the molecule is Cc1nn(CC(N)=O)c(C)c1-c1cc(C(F)(F)F)cc2c1C=NC2. The molecule has 24 heavy (non-hydrogen) atoms. The van der Waals surface area contributed by atoms with E-state index in [2.05, 4.69) is 10.1 Å². The van der Waals surface area contributed by atoms with Gasteiger partial charge in [-0.3, -0.25) is 14.5 Å². The van der Waals surface area contributed by atoms with Crippen molar-refractivity contribution in [3.05, 3.63) is 40.2 Å². The number of hydrogen-bond donors (Lipinski definition) is 1. The molecular formula is C16H15F3N4O. The first-order valence-corrected chi connectivity index (χ1v) is 7.25. The summed E-state index contributed by atoms with van der Waals surface area (Å²) in [5.74, 6) is -0.567. The highest BCUT2D eigenvalue weighted by Gasteiger charge is 2.33. The molecule has 1 aliphatic rings. The Bertz CT molecular complexity index is 865. The van der Waals surface area contributed by atoms with Crippen molar-refractivity contribution in [2.75, 3.05) is 0 Å². The molecule has 1 aromatic carbocycles. The van der Waals surface area contributed by atoms with Crippen LogP contribution in [0.2, 0.25) is 0 Å². The van der Waals surface area contributed by atoms with Crippen LogP contribution in [0.3, 0.4) is 0 Å². The standard InChI is InChI=1S/C16H15F3N4O/c1-8-15(9(2)23(22-8)7-14(20)24)12-4-11(16(17,18)19)3-10-5-21-6-13(10)12/h3-4,6H,5,7H2,1-2H3,(H2,20,24). The minimum Gasteiger partial charge on any atom is -0.368 e. The summed E-state index contributed by atoms with van der Waals surface area (Å²) in [6.45, 7) is 3.50. The van der Waals surface area contributed by atoms with Gasteiger partial charge in [0, 0.05) is 23.0 Å². The van der Waals surface area contributed by atoms with E-state index in [1.807, 2.05) is 0 Å². The Hall–Kier alpha value is -2.64. The third-order valence-electron chi connectivity index (χ3n) is 4.03. The number of aryl methyl sites for hydroxylation is 1. The van der Waals surface area contributed by atoms with E-state index in [0.717, 1.165) is 12.1 Å². The van der Waals surface area contributed by atoms with Gasteiger partial charge in [0.1, 0.15) is 6.54 Å². The summed E-state index contributed by atoms with van der Waals surface area (Å²) < 4.78 is 41.0. The molecule has 0 atom stereocenters. The molecule has 8 heteroatoms. The van der Waals surface area contributed by atoms with Crippen molar-refractivity contribution in [3.8, 4) is 11.1 Å². The lowest BCUT2D eigenvalue weighted by atomic mass is 9.93. The number of primary amides is 1. The van der Waals surface area contributed by atoms with Crippen LogP contribution in [0.5, 0.6) is 0 Å². The maximum Gasteiger partial charge on any atom is 0.416 e. The Labute approximate surface area is 136 Å². The number of aliphatic imine (C=N–C) groups is 1. The van der Waals surface area contributed by atoms with Gasteiger partial charge in [-0.1, -0.05) is 0 Å². The lowest BCUT2D eigenvalue weighted by molar-refractivity contribution is -0.137. The zero-order valence-corrected chi connectivity index (χ0v) is 13.1. The molecule has 0 unspecified atom stereocenters. The molecule has 0 spiro atoms. The van der Waals surface area contributed by atoms with E-state index in [-0.39, 0.29) is 13.1 Å². The summed E-state index contributed by atoms with van der Waals surface area (Å²) in [7, 11) is 0. The molecule has 0 saturated heterocycles. The first-order chi connectivity index (χ1) is 11.2. The number of carbonyl (C=O) groups excluding carboxylic acids is 1. The third kappa shape index (κ3) is 2.68. The van der Waals surface area contributed by atoms with Crippen molar-refractivity contribution in [1.29, 1.82) is 0 Å². The van der Waals surface area contributed by atoms with Gasteiger partial charge in [0.25, 0.3) is 0 Å². The number of hydrogen-bond acceptors (Lipinski definition) is 3. The fourth-order valence-corrected chi connectivity index (χ4v) is 2.99. The second-order valence-corrected chi connectivity index (χ2v) is 5.73. The Balaban J connectivity index is 2.23. The van der Waals surface area contributed by atoms with Crippen LogP contribution in [0.15, 0.2) is 17.1 Å². The van der Waals surface area contributed by atoms with Gasteiger partial charge in [-0.15, -0.1) is 0 Å². The number of amides is 1. The van der Waals surface area contributed by atoms with Crippen LogP contribution in [0.25, 0.3) is 11.1 Å². The average Bonchev–Trinajstić information content (AvgIpc) is 3.02. The third-order valence-corrected chi connectivity index (χ3v) is 4.03. The number of nitrogens with two attached hydrogens (primary N) is 1. The molecule has 0 aliphatic carbocycles. The molecule has 1 aliphatic heterocycles. The van der Waals surface area contributed by atoms with Gasteiger partial charge in [0.15, 0.2) is 0 Å². The molecule has 5 nitrogen and oxygen atoms in total. The Kier molecular flexibility index (Phi) is 3.70. The van der Waals surface area contributed by atoms with Crippen molar-refractivity contribution < 1.29 is 18.0 Å². The van der Waals surface area contributed by atoms with Crippen molar-refractivity contribution in [2.24, 2.45) is 10.7 Å². The molecule has 0 radical (unpaired) electrons. The number of aromatic nitrogens is 2. The van der Waals surface area contributed by atoms with Crippen molar-refractivity contribution in [1.82, 2.24) is 9.78 Å². The number of halogens is 3. The lowest BCUT2D eigenvalue weighted by Gasteiger charge is -2.14. The molecule has 1 amide bonds. The summed E-state index contributed by atoms with van der Waals surface area (Å²) >= 11 is 0. The van der Waals surface area contributed by atoms with Crippen molar-refractivity contribution >= 4 is 12.1 Å². The van der Waals surface area contributed by atoms with Gasteiger partial charge in [0.2, 0.25) is 5.91 Å². The van der Waals surface area contributed by atoms with Crippen LogP contribution in [-0.4, -0.2) is 21.9 Å². The molecule has 0 fully saturated rings. The van der Waals surface area contributed by atoms with Gasteiger partial charge < -0.3 is 5.73 Å². The van der Waals surface area contributed by atoms with Gasteiger partial charge in [-0.05, 0) is 37.1 Å². The first-order valence-electron chi connectivity index (χ1n) is 7.25. The van der Waals surface area contributed by atoms with E-state index in [0.29, 0.717) is 33.6 Å². The highest BCUT2D eigenvalue weighted by Crippen LogP contribution is 2.39. The van der Waals surface area contributed by atoms with Crippen molar-refractivity contribution in [3.63, 3.8) is 0 Å². The molecule has 0 saturated carbocycles. The van der Waals surface area contributed by atoms with Gasteiger partial charge in [-0.2, -0.15) is 18.3 Å². The number of carbonyl (C=O) groups is 1. The van der Waals surface area contributed by atoms with E-state index in [9.17, 15) is 18.0 Å². The topological polar surface area (TPSA) is 73.3 Å². The van der Waals surface area contributed by atoms with Crippen LogP contribution in [0.1, 0.15) is 28.1 Å². The summed E-state index contributed by atoms with van der Waals surface area (Å²) in [5.41, 5.74) is 7.79. The van der Waals surface area contributed by atoms with Crippen LogP contribution < -0.4 is 5.73 Å². The zero-order chi connectivity index (χ0) is 17.6. The molecule has 126 valence electrons. The fraction of sp³-hybridized carbons (Fsp3) is 0.312. The van der Waals surface area contributed by atoms with E-state index in [1.165, 1.54) is 4.68 Å². The number of rotatable bonds is 3. The number of nitrogens with zero attached hydrogens (tertiary/aromatic N) is 3. The summed E-state index contributed by atoms with van der Waals surface area (Å²) in [6.07, 6.45) is -2.87. The molecule has 1 aromatic heterocycles. The average molecular weight is 336 g/mol. The summed E-state index contributed by atoms with van der Waals surface area (Å²) in [4.78, 5) is 15.2. The predicted molar refractivity (Wildman–Crippen MR) is 82.6 cm³/mol. The van der Waals surface area contributed by atoms with Gasteiger partial charge >= 0.3 is 6.18 Å². The maximum absolute atomic E-state index is 13.2. The largest absolute Gasteiger partial charge is 0.416 e. The van der Waals surface area contributed by atoms with E-state index in [1.54, 1.807) is 20.1 Å². The fourth-order valence-electron chi connectivity index (χ4n) is 2.99. The zero-order valence-electron chi connectivity index (χ0n) is 13.1. The Morgan fingerprint density at radius 1 is 1.33 bits per heavy atom. The summed E-state index contributed by atoms with van der Waals surface area (Å²) in [6, 6.07) is 2.24. The molecule has 2 aromatic rings. The smallest absolute Gasteiger partial charge is 0.368 e. The Morgan fingerprint density at radius 3 is 2.67 bits per heavy atom. The first kappa shape index (κ1) is 16.2. The normalized spacial score (nSPS) is 13.4. The van der Waals surface area contributed by atoms with E-state index >= 15 is 0 Å². The second-order valence-electron chi connectivity index (χ2n) is 5.73. The molecule has 2 N–H and O–H groups in total. The number of alkyl halides is 3. The molecule has 3 rings (SSSR count). The predicted octanol–water partition coefficient (Wildman–Crippen LogP) is 2.60. The quantitative estimate of drug-likeness (QED) is 0.936. The van der Waals surface area contributed by atoms with Crippen LogP contribution >= 0.6 is 0 Å². The van der Waals surface area contributed by atoms with E-state index in [4.69, 9.17) is 5.73 Å². The van der Waals surface area contributed by atoms with E-state index < -0.39 is 17.6 Å². The minimum atomic E-state index is -4.45. The minimum absolute atomic E-state index is 0.123. The maximum atomic E-state index is 13.2. The van der Waals surface area contributed by atoms with Crippen molar-refractivity contribution in [2.45, 2.75) is 33.1 Å². The highest BCUT2D eigenvalue weighted by molar-refractivity contribution is 5.95. The van der Waals surface area contributed by atoms with Crippen LogP contribution in [0, 0.1) is 13.8 Å². The molecular weight excluding hydrogens is 321 g/mol. The van der Waals surface area contributed by atoms with Gasteiger partial charge in [0.05, 0.1) is 17.8 Å². The monoisotopic (exact) mass is 336 g/mol. The highest BCUT2D eigenvalue weighted by atomic mass is 19.4. The molecule has 0 bridgehead atoms. The van der Waals surface area contributed by atoms with Crippen LogP contribution in [0.4, 0.5) is 13.2 Å². The lowest BCUT2D eigenvalue weighted by Crippen LogP contribution is -2.20.